The number of rotatable bonds is 18. The van der Waals surface area contributed by atoms with Gasteiger partial charge in [0.15, 0.2) is 37.7 Å². The molecule has 33 heteroatoms. The molecule has 6 fully saturated rings. The van der Waals surface area contributed by atoms with E-state index in [2.05, 4.69) is 16.0 Å². The minimum atomic E-state index is -2.27. The summed E-state index contributed by atoms with van der Waals surface area (Å²) in [5.41, 5.74) is 0. The SMILES string of the molecule is CC(=O)N[C@@H]1[C@@H](O[C@@H]2O[C@H](CO)[C@@H](O[C@@H]3O[C@H](CO)[C@H](O)[C@H](O[C@@H]4O[C@H](CO)[C@@H](O[C@@H]5O[C@H](CO)[C@H](O)[C@H](O)[C@H]5O)[C@H](O)[C@H]4NC(C)=O)[C@H]3O)[C@H](O[C@@H]3O[C@@H](C)[C@@H](O)[C@@H](O)[C@@H]3O)[C@H]2NC(C)=O)[C@@H](O)[C@@H](CO)O[C@@H]1O. The van der Waals surface area contributed by atoms with Crippen molar-refractivity contribution in [2.75, 3.05) is 33.0 Å². The maximum absolute atomic E-state index is 13.0. The molecule has 30 atom stereocenters. The summed E-state index contributed by atoms with van der Waals surface area (Å²) >= 11 is 0. The van der Waals surface area contributed by atoms with Crippen molar-refractivity contribution in [2.24, 2.45) is 0 Å². The van der Waals surface area contributed by atoms with Crippen molar-refractivity contribution in [2.45, 2.75) is 212 Å². The molecule has 0 saturated carbocycles. The average Bonchev–Trinajstić information content (AvgIpc) is 3.36. The second kappa shape index (κ2) is 26.5. The number of hydrogen-bond acceptors (Lipinski definition) is 30. The quantitative estimate of drug-likeness (QED) is 0.0606. The number of carbonyl (C=O) groups is 3. The highest BCUT2D eigenvalue weighted by Gasteiger charge is 2.59. The van der Waals surface area contributed by atoms with Crippen molar-refractivity contribution < 1.29 is 148 Å². The maximum Gasteiger partial charge on any atom is 0.217 e. The standard InChI is InChI=1S/C42H71N3O30/c1-10-22(54)27(59)29(61)40(65-10)74-35-21(45-13(4)53)39(73-34-20(44-12(3)52)37(64)66-15(6-47)24(34)56)70-18(9-50)33(35)72-42-31(63)36(25(57)16(7-48)68-42)75-38-19(43-11(2)51)26(58)32(17(8-49)69-38)71-41-30(62)28(60)23(55)14(5-46)67-41/h10,14-42,46-50,54-64H,5-9H2,1-4H3,(H,43,51)(H,44,52)(H,45,53)/t10-,14+,15+,16+,17+,18+,19+,20+,21+,22+,23-,24-,25-,26+,27+,28-,29-,30+,31+,32+,33+,34+,35+,36-,37-,38-,39-,40-,41-,42-/m0/s1. The van der Waals surface area contributed by atoms with Gasteiger partial charge in [0.1, 0.15) is 140 Å². The monoisotopic (exact) mass is 1100 g/mol. The van der Waals surface area contributed by atoms with E-state index in [0.717, 1.165) is 20.8 Å². The Balaban J connectivity index is 1.34. The zero-order valence-corrected chi connectivity index (χ0v) is 40.7. The Morgan fingerprint density at radius 2 is 0.720 bits per heavy atom. The van der Waals surface area contributed by atoms with Gasteiger partial charge in [-0.2, -0.15) is 0 Å². The second-order valence-corrected chi connectivity index (χ2v) is 18.9. The molecule has 19 N–H and O–H groups in total. The molecule has 0 aromatic heterocycles. The number of ether oxygens (including phenoxy) is 11. The molecule has 0 radical (unpaired) electrons. The molecule has 6 heterocycles. The fraction of sp³-hybridized carbons (Fsp3) is 0.929. The van der Waals surface area contributed by atoms with E-state index < -0.39 is 235 Å². The van der Waals surface area contributed by atoms with E-state index in [1.165, 1.54) is 6.92 Å². The molecule has 3 amide bonds. The highest BCUT2D eigenvalue weighted by molar-refractivity contribution is 5.74. The number of carbonyl (C=O) groups excluding carboxylic acids is 3. The Hall–Kier alpha value is -2.67. The van der Waals surface area contributed by atoms with E-state index in [4.69, 9.17) is 52.1 Å². The van der Waals surface area contributed by atoms with E-state index in [9.17, 15) is 96.1 Å². The van der Waals surface area contributed by atoms with Gasteiger partial charge in [0.05, 0.1) is 39.1 Å². The van der Waals surface area contributed by atoms with Gasteiger partial charge in [-0.25, -0.2) is 0 Å². The molecule has 0 spiro atoms. The highest BCUT2D eigenvalue weighted by atomic mass is 16.8. The van der Waals surface area contributed by atoms with Crippen LogP contribution in [-0.2, 0) is 66.5 Å². The third-order valence-electron chi connectivity index (χ3n) is 13.6. The molecule has 6 rings (SSSR count). The minimum Gasteiger partial charge on any atom is -0.394 e. The van der Waals surface area contributed by atoms with Crippen LogP contribution in [-0.4, -0.2) is 317 Å². The predicted molar refractivity (Wildman–Crippen MR) is 233 cm³/mol. The maximum atomic E-state index is 13.0. The van der Waals surface area contributed by atoms with Crippen molar-refractivity contribution in [3.05, 3.63) is 0 Å². The molecule has 434 valence electrons. The van der Waals surface area contributed by atoms with E-state index in [0.29, 0.717) is 0 Å². The van der Waals surface area contributed by atoms with Crippen LogP contribution in [0.5, 0.6) is 0 Å². The number of aliphatic hydroxyl groups is 16. The van der Waals surface area contributed by atoms with E-state index in [1.807, 2.05) is 0 Å². The smallest absolute Gasteiger partial charge is 0.217 e. The summed E-state index contributed by atoms with van der Waals surface area (Å²) in [4.78, 5) is 37.9. The van der Waals surface area contributed by atoms with Crippen LogP contribution in [0.15, 0.2) is 0 Å². The molecule has 0 aromatic carbocycles. The van der Waals surface area contributed by atoms with Gasteiger partial charge in [0.2, 0.25) is 17.7 Å². The number of aliphatic hydroxyl groups excluding tert-OH is 16. The topological polar surface area (TPSA) is 513 Å². The third-order valence-corrected chi connectivity index (χ3v) is 13.6. The Kier molecular flexibility index (Phi) is 21.8. The Labute approximate surface area is 426 Å². The zero-order chi connectivity index (χ0) is 55.5. The molecule has 0 unspecified atom stereocenters. The summed E-state index contributed by atoms with van der Waals surface area (Å²) < 4.78 is 64.5. The fourth-order valence-electron chi connectivity index (χ4n) is 9.66. The summed E-state index contributed by atoms with van der Waals surface area (Å²) in [6, 6.07) is -5.17. The Morgan fingerprint density at radius 1 is 0.347 bits per heavy atom. The fourth-order valence-corrected chi connectivity index (χ4v) is 9.66. The van der Waals surface area contributed by atoms with Gasteiger partial charge in [0, 0.05) is 20.8 Å². The summed E-state index contributed by atoms with van der Waals surface area (Å²) in [7, 11) is 0. The van der Waals surface area contributed by atoms with Crippen LogP contribution < -0.4 is 16.0 Å². The van der Waals surface area contributed by atoms with Gasteiger partial charge in [-0.1, -0.05) is 0 Å². The van der Waals surface area contributed by atoms with E-state index >= 15 is 0 Å². The Bertz CT molecular complexity index is 1850. The van der Waals surface area contributed by atoms with Crippen molar-refractivity contribution >= 4 is 17.7 Å². The molecule has 6 aliphatic rings. The lowest BCUT2D eigenvalue weighted by Crippen LogP contribution is -2.72. The van der Waals surface area contributed by atoms with Crippen molar-refractivity contribution in [3.63, 3.8) is 0 Å². The molecule has 33 nitrogen and oxygen atoms in total. The number of amides is 3. The predicted octanol–water partition coefficient (Wildman–Crippen LogP) is -12.6. The van der Waals surface area contributed by atoms with Gasteiger partial charge in [-0.3, -0.25) is 14.4 Å². The van der Waals surface area contributed by atoms with Gasteiger partial charge in [0.25, 0.3) is 0 Å². The first kappa shape index (κ1) is 61.5. The van der Waals surface area contributed by atoms with Crippen LogP contribution in [0.1, 0.15) is 27.7 Å². The summed E-state index contributed by atoms with van der Waals surface area (Å²) in [6.45, 7) is -0.537. The van der Waals surface area contributed by atoms with Crippen LogP contribution in [0.25, 0.3) is 0 Å². The highest BCUT2D eigenvalue weighted by Crippen LogP contribution is 2.38. The zero-order valence-electron chi connectivity index (χ0n) is 40.7. The van der Waals surface area contributed by atoms with Crippen LogP contribution in [0.2, 0.25) is 0 Å². The largest absolute Gasteiger partial charge is 0.394 e. The molecule has 0 aromatic rings. The molecule has 0 bridgehead atoms. The van der Waals surface area contributed by atoms with Crippen LogP contribution >= 0.6 is 0 Å². The van der Waals surface area contributed by atoms with Crippen LogP contribution in [0, 0.1) is 0 Å². The average molecular weight is 1100 g/mol. The molecule has 6 saturated heterocycles. The van der Waals surface area contributed by atoms with Crippen molar-refractivity contribution in [1.29, 1.82) is 0 Å². The van der Waals surface area contributed by atoms with Gasteiger partial charge >= 0.3 is 0 Å². The minimum absolute atomic E-state index is 0.759. The summed E-state index contributed by atoms with van der Waals surface area (Å²) in [5.74, 6) is -2.46. The van der Waals surface area contributed by atoms with Crippen molar-refractivity contribution in [3.8, 4) is 0 Å². The molecule has 0 aliphatic carbocycles. The van der Waals surface area contributed by atoms with Gasteiger partial charge in [-0.15, -0.1) is 0 Å². The van der Waals surface area contributed by atoms with Gasteiger partial charge < -0.3 is 150 Å². The molecule has 75 heavy (non-hydrogen) atoms. The lowest BCUT2D eigenvalue weighted by molar-refractivity contribution is -0.391. The van der Waals surface area contributed by atoms with Crippen LogP contribution in [0.3, 0.4) is 0 Å². The molecular formula is C42H71N3O30. The van der Waals surface area contributed by atoms with E-state index in [1.54, 1.807) is 0 Å². The third kappa shape index (κ3) is 13.5. The van der Waals surface area contributed by atoms with Crippen LogP contribution in [0.4, 0.5) is 0 Å². The first-order valence-electron chi connectivity index (χ1n) is 24.0. The normalized spacial score (nSPS) is 48.6. The summed E-state index contributed by atoms with van der Waals surface area (Å²) in [6.07, 6.45) is -50.4. The number of nitrogens with one attached hydrogen (secondary N) is 3. The second-order valence-electron chi connectivity index (χ2n) is 18.9. The molecular weight excluding hydrogens is 1030 g/mol. The lowest BCUT2D eigenvalue weighted by atomic mass is 9.93. The van der Waals surface area contributed by atoms with E-state index in [-0.39, 0.29) is 0 Å². The van der Waals surface area contributed by atoms with Crippen molar-refractivity contribution in [1.82, 2.24) is 16.0 Å². The first-order valence-corrected chi connectivity index (χ1v) is 24.0. The lowest BCUT2D eigenvalue weighted by Gasteiger charge is -2.52. The number of hydrogen-bond donors (Lipinski definition) is 19. The Morgan fingerprint density at radius 3 is 1.27 bits per heavy atom. The first-order chi connectivity index (χ1) is 35.4. The molecule has 6 aliphatic heterocycles. The van der Waals surface area contributed by atoms with Gasteiger partial charge in [-0.05, 0) is 6.92 Å². The summed E-state index contributed by atoms with van der Waals surface area (Å²) in [5, 5.41) is 180.